The highest BCUT2D eigenvalue weighted by Gasteiger charge is 2.35. The molecule has 22 heteroatoms. The van der Waals surface area contributed by atoms with E-state index in [0.717, 1.165) is 0 Å². The lowest BCUT2D eigenvalue weighted by Gasteiger charge is -2.29. The lowest BCUT2D eigenvalue weighted by atomic mass is 9.99. The Bertz CT molecular complexity index is 1910. The van der Waals surface area contributed by atoms with Crippen LogP contribution >= 0.6 is 0 Å². The fourth-order valence-corrected chi connectivity index (χ4v) is 5.91. The molecular formula is C40H56N10O12. The fourth-order valence-electron chi connectivity index (χ4n) is 5.91. The number of nitrogens with two attached hydrogens (primary N) is 4. The smallest absolute Gasteiger partial charge is 0.326 e. The number of aliphatic carboxylic acids is 1. The SMILES string of the molecule is CC(C)[C@H](NC(=O)[C@H](CCC(N)=O)NC(=O)[C@H](CCC(N)=O)NC(=O)[C@H](Cc1ccc(O)cc1)NC(=O)CN)C(=O)N[C@@H](Cc1ccccc1)C(=O)N[C@@H](CCC(N)=O)C(=O)O. The van der Waals surface area contributed by atoms with Gasteiger partial charge in [0.15, 0.2) is 0 Å². The van der Waals surface area contributed by atoms with Crippen molar-refractivity contribution in [3.63, 3.8) is 0 Å². The van der Waals surface area contributed by atoms with Crippen LogP contribution in [-0.2, 0) is 60.8 Å². The highest BCUT2D eigenvalue weighted by molar-refractivity contribution is 5.97. The summed E-state index contributed by atoms with van der Waals surface area (Å²) in [5.74, 6) is -10.1. The molecule has 338 valence electrons. The van der Waals surface area contributed by atoms with E-state index in [9.17, 15) is 58.2 Å². The Hall–Kier alpha value is -7.10. The molecule has 0 saturated carbocycles. The second-order valence-corrected chi connectivity index (χ2v) is 14.7. The van der Waals surface area contributed by atoms with Gasteiger partial charge in [0.1, 0.15) is 42.0 Å². The van der Waals surface area contributed by atoms with Gasteiger partial charge in [-0.25, -0.2) is 4.79 Å². The van der Waals surface area contributed by atoms with E-state index in [1.54, 1.807) is 44.2 Å². The zero-order chi connectivity index (χ0) is 46.5. The summed E-state index contributed by atoms with van der Waals surface area (Å²) in [6, 6.07) is 5.33. The molecule has 16 N–H and O–H groups in total. The molecule has 2 rings (SSSR count). The van der Waals surface area contributed by atoms with E-state index < -0.39 is 127 Å². The Morgan fingerprint density at radius 2 is 0.903 bits per heavy atom. The van der Waals surface area contributed by atoms with Crippen LogP contribution in [0.5, 0.6) is 5.75 Å². The second-order valence-electron chi connectivity index (χ2n) is 14.7. The molecule has 0 saturated heterocycles. The Morgan fingerprint density at radius 3 is 1.34 bits per heavy atom. The number of carbonyl (C=O) groups excluding carboxylic acids is 9. The van der Waals surface area contributed by atoms with Gasteiger partial charge < -0.3 is 65.0 Å². The molecule has 0 spiro atoms. The summed E-state index contributed by atoms with van der Waals surface area (Å²) in [5.41, 5.74) is 22.4. The van der Waals surface area contributed by atoms with Crippen LogP contribution in [0.25, 0.3) is 0 Å². The summed E-state index contributed by atoms with van der Waals surface area (Å²) in [6.07, 6.45) is -2.55. The number of hydrogen-bond acceptors (Lipinski definition) is 12. The quantitative estimate of drug-likeness (QED) is 0.0417. The maximum Gasteiger partial charge on any atom is 0.326 e. The maximum absolute atomic E-state index is 13.9. The van der Waals surface area contributed by atoms with Crippen LogP contribution in [0.2, 0.25) is 0 Å². The Balaban J connectivity index is 2.39. The average molecular weight is 869 g/mol. The Kier molecular flexibility index (Phi) is 21.0. The zero-order valence-electron chi connectivity index (χ0n) is 34.4. The van der Waals surface area contributed by atoms with Gasteiger partial charge in [-0.05, 0) is 48.4 Å². The van der Waals surface area contributed by atoms with Gasteiger partial charge >= 0.3 is 5.97 Å². The van der Waals surface area contributed by atoms with Gasteiger partial charge in [0, 0.05) is 32.1 Å². The van der Waals surface area contributed by atoms with Gasteiger partial charge in [0.2, 0.25) is 53.2 Å². The fraction of sp³-hybridized carbons (Fsp3) is 0.450. The van der Waals surface area contributed by atoms with Crippen molar-refractivity contribution in [2.45, 2.75) is 101 Å². The van der Waals surface area contributed by atoms with Crippen LogP contribution in [0.3, 0.4) is 0 Å². The highest BCUT2D eigenvalue weighted by atomic mass is 16.4. The molecule has 0 unspecified atom stereocenters. The van der Waals surface area contributed by atoms with Gasteiger partial charge in [-0.3, -0.25) is 43.2 Å². The number of rotatable bonds is 27. The summed E-state index contributed by atoms with van der Waals surface area (Å²) in [7, 11) is 0. The van der Waals surface area contributed by atoms with Gasteiger partial charge in [0.25, 0.3) is 0 Å². The number of amides is 9. The molecule has 2 aromatic carbocycles. The van der Waals surface area contributed by atoms with E-state index in [1.165, 1.54) is 24.3 Å². The third-order valence-corrected chi connectivity index (χ3v) is 9.29. The third-order valence-electron chi connectivity index (χ3n) is 9.29. The van der Waals surface area contributed by atoms with E-state index in [1.807, 2.05) is 0 Å². The van der Waals surface area contributed by atoms with E-state index in [0.29, 0.717) is 11.1 Å². The van der Waals surface area contributed by atoms with Gasteiger partial charge in [0.05, 0.1) is 6.54 Å². The Morgan fingerprint density at radius 1 is 0.516 bits per heavy atom. The number of phenolic OH excluding ortho intramolecular Hbond substituents is 1. The minimum absolute atomic E-state index is 0.0558. The summed E-state index contributed by atoms with van der Waals surface area (Å²) < 4.78 is 0. The summed E-state index contributed by atoms with van der Waals surface area (Å²) in [5, 5.41) is 34.1. The molecule has 62 heavy (non-hydrogen) atoms. The first-order valence-electron chi connectivity index (χ1n) is 19.6. The number of benzene rings is 2. The lowest BCUT2D eigenvalue weighted by molar-refractivity contribution is -0.142. The van der Waals surface area contributed by atoms with Crippen molar-refractivity contribution < 1.29 is 58.2 Å². The van der Waals surface area contributed by atoms with Crippen molar-refractivity contribution >= 4 is 59.1 Å². The number of hydrogen-bond donors (Lipinski definition) is 12. The number of carbonyl (C=O) groups is 10. The van der Waals surface area contributed by atoms with Crippen LogP contribution in [0.4, 0.5) is 0 Å². The highest BCUT2D eigenvalue weighted by Crippen LogP contribution is 2.13. The molecule has 0 aliphatic heterocycles. The van der Waals surface area contributed by atoms with Gasteiger partial charge in [-0.2, -0.15) is 0 Å². The first-order chi connectivity index (χ1) is 29.2. The van der Waals surface area contributed by atoms with Gasteiger partial charge in [-0.1, -0.05) is 56.3 Å². The van der Waals surface area contributed by atoms with Crippen molar-refractivity contribution in [2.24, 2.45) is 28.9 Å². The van der Waals surface area contributed by atoms with E-state index in [2.05, 4.69) is 31.9 Å². The third kappa shape index (κ3) is 18.4. The molecule has 6 atom stereocenters. The summed E-state index contributed by atoms with van der Waals surface area (Å²) in [4.78, 5) is 128. The molecule has 9 amide bonds. The van der Waals surface area contributed by atoms with Gasteiger partial charge in [-0.15, -0.1) is 0 Å². The van der Waals surface area contributed by atoms with Crippen molar-refractivity contribution in [1.82, 2.24) is 31.9 Å². The summed E-state index contributed by atoms with van der Waals surface area (Å²) >= 11 is 0. The van der Waals surface area contributed by atoms with Crippen LogP contribution in [0.1, 0.15) is 63.5 Å². The molecule has 0 bridgehead atoms. The van der Waals surface area contributed by atoms with E-state index >= 15 is 0 Å². The molecule has 0 aromatic heterocycles. The minimum Gasteiger partial charge on any atom is -0.508 e. The van der Waals surface area contributed by atoms with Crippen molar-refractivity contribution in [1.29, 1.82) is 0 Å². The maximum atomic E-state index is 13.9. The largest absolute Gasteiger partial charge is 0.508 e. The Labute approximate surface area is 357 Å². The molecule has 0 radical (unpaired) electrons. The number of carboxylic acids is 1. The monoisotopic (exact) mass is 868 g/mol. The number of carboxylic acid groups (broad SMARTS) is 1. The second kappa shape index (κ2) is 25.5. The van der Waals surface area contributed by atoms with Crippen LogP contribution in [0.15, 0.2) is 54.6 Å². The topological polar surface area (TPSA) is 387 Å². The summed E-state index contributed by atoms with van der Waals surface area (Å²) in [6.45, 7) is 2.64. The number of phenols is 1. The molecule has 0 aliphatic rings. The normalized spacial score (nSPS) is 13.7. The van der Waals surface area contributed by atoms with Crippen molar-refractivity contribution in [3.8, 4) is 5.75 Å². The molecule has 0 fully saturated rings. The number of primary amides is 3. The van der Waals surface area contributed by atoms with Crippen molar-refractivity contribution in [3.05, 3.63) is 65.7 Å². The molecule has 0 heterocycles. The predicted octanol–water partition coefficient (Wildman–Crippen LogP) is -3.42. The average Bonchev–Trinajstić information content (AvgIpc) is 3.21. The van der Waals surface area contributed by atoms with Crippen LogP contribution in [-0.4, -0.2) is 112 Å². The minimum atomic E-state index is -1.58. The van der Waals surface area contributed by atoms with Crippen molar-refractivity contribution in [2.75, 3.05) is 6.54 Å². The van der Waals surface area contributed by atoms with E-state index in [-0.39, 0.29) is 37.9 Å². The lowest BCUT2D eigenvalue weighted by Crippen LogP contribution is -2.61. The molecule has 2 aromatic rings. The first kappa shape index (κ1) is 51.0. The number of aromatic hydroxyl groups is 1. The number of nitrogens with one attached hydrogen (secondary N) is 6. The standard InChI is InChI=1S/C40H56N10O12/c1-21(2)34(39(60)49-29(18-22-6-4-3-5-7-22)38(59)48-27(40(61)62)14-17-32(44)54)50-36(57)26(13-16-31(43)53)46-35(56)25(12-15-30(42)52)47-37(58)28(45-33(55)20-41)19-23-8-10-24(51)11-9-23/h3-11,21,25-29,34,51H,12-20,41H2,1-2H3,(H2,42,52)(H2,43,53)(H2,44,54)(H,45,55)(H,46,56)(H,47,58)(H,48,59)(H,49,60)(H,50,57)(H,61,62)/t25-,26-,27-,28-,29-,34-/m0/s1. The first-order valence-corrected chi connectivity index (χ1v) is 19.6. The molecule has 22 nitrogen and oxygen atoms in total. The molecular weight excluding hydrogens is 812 g/mol. The van der Waals surface area contributed by atoms with Crippen LogP contribution < -0.4 is 54.8 Å². The zero-order valence-corrected chi connectivity index (χ0v) is 34.4. The predicted molar refractivity (Wildman–Crippen MR) is 220 cm³/mol. The molecule has 0 aliphatic carbocycles. The van der Waals surface area contributed by atoms with Crippen LogP contribution in [0, 0.1) is 5.92 Å². The van der Waals surface area contributed by atoms with E-state index in [4.69, 9.17) is 22.9 Å².